The number of hydrogen-bond donors (Lipinski definition) is 0. The highest BCUT2D eigenvalue weighted by molar-refractivity contribution is 6.31. The number of hydrogen-bond acceptors (Lipinski definition) is 1. The van der Waals surface area contributed by atoms with E-state index in [4.69, 9.17) is 11.6 Å². The maximum atomic E-state index is 9.26. The summed E-state index contributed by atoms with van der Waals surface area (Å²) in [5.41, 5.74) is 2.15. The molecule has 0 N–H and O–H groups in total. The Hall–Kier alpha value is -1.00. The van der Waals surface area contributed by atoms with E-state index >= 15 is 0 Å². The van der Waals surface area contributed by atoms with Crippen LogP contribution >= 0.6 is 11.6 Å². The molecule has 1 unspecified atom stereocenters. The minimum atomic E-state index is -0.00874. The summed E-state index contributed by atoms with van der Waals surface area (Å²) in [5, 5.41) is 10.0. The van der Waals surface area contributed by atoms with Crippen LogP contribution in [0.3, 0.4) is 0 Å². The van der Waals surface area contributed by atoms with Crippen LogP contribution in [0.1, 0.15) is 56.1 Å². The zero-order valence-electron chi connectivity index (χ0n) is 10.7. The van der Waals surface area contributed by atoms with Crippen LogP contribution < -0.4 is 0 Å². The summed E-state index contributed by atoms with van der Waals surface area (Å²) in [6.07, 6.45) is 5.77. The Morgan fingerprint density at radius 2 is 2.06 bits per heavy atom. The van der Waals surface area contributed by atoms with Gasteiger partial charge in [0.2, 0.25) is 0 Å². The Labute approximate surface area is 109 Å². The van der Waals surface area contributed by atoms with Gasteiger partial charge in [0, 0.05) is 5.02 Å². The number of benzene rings is 1. The molecule has 1 aromatic rings. The highest BCUT2D eigenvalue weighted by Crippen LogP contribution is 2.28. The van der Waals surface area contributed by atoms with Crippen molar-refractivity contribution in [3.05, 3.63) is 34.3 Å². The Bertz CT molecular complexity index is 392. The van der Waals surface area contributed by atoms with Gasteiger partial charge in [-0.1, -0.05) is 56.3 Å². The van der Waals surface area contributed by atoms with Gasteiger partial charge < -0.3 is 0 Å². The molecule has 0 saturated carbocycles. The minimum absolute atomic E-state index is 0.00874. The zero-order chi connectivity index (χ0) is 12.7. The summed E-state index contributed by atoms with van der Waals surface area (Å²) in [7, 11) is 0. The van der Waals surface area contributed by atoms with Gasteiger partial charge in [-0.15, -0.1) is 0 Å². The quantitative estimate of drug-likeness (QED) is 0.634. The van der Waals surface area contributed by atoms with Crippen LogP contribution in [0, 0.1) is 18.3 Å². The fraction of sp³-hybridized carbons (Fsp3) is 0.533. The van der Waals surface area contributed by atoms with Gasteiger partial charge in [0.25, 0.3) is 0 Å². The van der Waals surface area contributed by atoms with Crippen molar-refractivity contribution in [3.8, 4) is 6.07 Å². The van der Waals surface area contributed by atoms with E-state index in [-0.39, 0.29) is 5.92 Å². The van der Waals surface area contributed by atoms with E-state index in [9.17, 15) is 5.26 Å². The van der Waals surface area contributed by atoms with Crippen molar-refractivity contribution in [2.24, 2.45) is 0 Å². The Balaban J connectivity index is 2.67. The molecule has 17 heavy (non-hydrogen) atoms. The van der Waals surface area contributed by atoms with Gasteiger partial charge in [0.15, 0.2) is 0 Å². The first-order valence-corrected chi connectivity index (χ1v) is 6.73. The first-order chi connectivity index (χ1) is 8.20. The lowest BCUT2D eigenvalue weighted by atomic mass is 9.91. The largest absolute Gasteiger partial charge is 0.198 e. The average molecular weight is 250 g/mol. The lowest BCUT2D eigenvalue weighted by Crippen LogP contribution is -1.99. The lowest BCUT2D eigenvalue weighted by molar-refractivity contribution is 0.607. The van der Waals surface area contributed by atoms with Crippen molar-refractivity contribution in [1.29, 1.82) is 5.26 Å². The zero-order valence-corrected chi connectivity index (χ0v) is 11.4. The summed E-state index contributed by atoms with van der Waals surface area (Å²) in [6.45, 7) is 4.19. The molecule has 0 aromatic heterocycles. The number of nitriles is 1. The molecule has 2 heteroatoms. The number of rotatable bonds is 6. The van der Waals surface area contributed by atoms with Crippen molar-refractivity contribution in [2.45, 2.75) is 51.9 Å². The van der Waals surface area contributed by atoms with Crippen molar-refractivity contribution in [1.82, 2.24) is 0 Å². The van der Waals surface area contributed by atoms with Crippen LogP contribution in [-0.2, 0) is 0 Å². The van der Waals surface area contributed by atoms with Crippen molar-refractivity contribution >= 4 is 11.6 Å². The molecule has 1 atom stereocenters. The third-order valence-electron chi connectivity index (χ3n) is 3.19. The topological polar surface area (TPSA) is 23.8 Å². The van der Waals surface area contributed by atoms with Crippen molar-refractivity contribution in [3.63, 3.8) is 0 Å². The maximum Gasteiger partial charge on any atom is 0.0715 e. The van der Waals surface area contributed by atoms with Gasteiger partial charge in [-0.2, -0.15) is 5.26 Å². The first-order valence-electron chi connectivity index (χ1n) is 6.35. The van der Waals surface area contributed by atoms with E-state index in [0.29, 0.717) is 0 Å². The Morgan fingerprint density at radius 1 is 1.29 bits per heavy atom. The van der Waals surface area contributed by atoms with Gasteiger partial charge in [0.1, 0.15) is 0 Å². The SMILES string of the molecule is CCCCCCC(C#N)c1cccc(Cl)c1C. The van der Waals surface area contributed by atoms with Crippen LogP contribution in [0.5, 0.6) is 0 Å². The third-order valence-corrected chi connectivity index (χ3v) is 3.60. The maximum absolute atomic E-state index is 9.26. The van der Waals surface area contributed by atoms with Gasteiger partial charge in [-0.05, 0) is 30.5 Å². The number of unbranched alkanes of at least 4 members (excludes halogenated alkanes) is 3. The number of nitrogens with zero attached hydrogens (tertiary/aromatic N) is 1. The number of halogens is 1. The summed E-state index contributed by atoms with van der Waals surface area (Å²) < 4.78 is 0. The monoisotopic (exact) mass is 249 g/mol. The molecule has 0 fully saturated rings. The van der Waals surface area contributed by atoms with Gasteiger partial charge >= 0.3 is 0 Å². The summed E-state index contributed by atoms with van der Waals surface area (Å²) >= 11 is 6.09. The molecule has 0 heterocycles. The molecule has 0 radical (unpaired) electrons. The first kappa shape index (κ1) is 14.1. The van der Waals surface area contributed by atoms with E-state index in [0.717, 1.165) is 29.0 Å². The van der Waals surface area contributed by atoms with Crippen LogP contribution in [0.2, 0.25) is 5.02 Å². The second kappa shape index (κ2) is 7.35. The lowest BCUT2D eigenvalue weighted by Gasteiger charge is -2.13. The highest BCUT2D eigenvalue weighted by atomic mass is 35.5. The Kier molecular flexibility index (Phi) is 6.08. The second-order valence-corrected chi connectivity index (χ2v) is 4.89. The van der Waals surface area contributed by atoms with Crippen molar-refractivity contribution in [2.75, 3.05) is 0 Å². The van der Waals surface area contributed by atoms with Gasteiger partial charge in [0.05, 0.1) is 12.0 Å². The third kappa shape index (κ3) is 4.06. The minimum Gasteiger partial charge on any atom is -0.198 e. The summed E-state index contributed by atoms with van der Waals surface area (Å²) in [4.78, 5) is 0. The predicted octanol–water partition coefficient (Wildman–Crippen LogP) is 5.23. The molecule has 0 saturated heterocycles. The molecule has 92 valence electrons. The van der Waals surface area contributed by atoms with Crippen LogP contribution in [-0.4, -0.2) is 0 Å². The molecule has 1 rings (SSSR count). The standard InChI is InChI=1S/C15H20ClN/c1-3-4-5-6-8-13(11-17)14-9-7-10-15(16)12(14)2/h7,9-10,13H,3-6,8H2,1-2H3. The van der Waals surface area contributed by atoms with Gasteiger partial charge in [-0.3, -0.25) is 0 Å². The summed E-state index contributed by atoms with van der Waals surface area (Å²) in [6, 6.07) is 8.24. The van der Waals surface area contributed by atoms with E-state index < -0.39 is 0 Å². The molecular formula is C15H20ClN. The molecule has 1 nitrogen and oxygen atoms in total. The summed E-state index contributed by atoms with van der Waals surface area (Å²) in [5.74, 6) is -0.00874. The molecule has 0 spiro atoms. The predicted molar refractivity (Wildman–Crippen MR) is 73.3 cm³/mol. The molecule has 0 bridgehead atoms. The molecular weight excluding hydrogens is 230 g/mol. The van der Waals surface area contributed by atoms with Crippen LogP contribution in [0.25, 0.3) is 0 Å². The molecule has 0 aliphatic heterocycles. The van der Waals surface area contributed by atoms with E-state index in [1.165, 1.54) is 19.3 Å². The molecule has 0 amide bonds. The van der Waals surface area contributed by atoms with E-state index in [2.05, 4.69) is 13.0 Å². The normalized spacial score (nSPS) is 12.1. The highest BCUT2D eigenvalue weighted by Gasteiger charge is 2.13. The fourth-order valence-corrected chi connectivity index (χ4v) is 2.25. The van der Waals surface area contributed by atoms with Crippen LogP contribution in [0.4, 0.5) is 0 Å². The molecule has 0 aliphatic carbocycles. The molecule has 1 aromatic carbocycles. The fourth-order valence-electron chi connectivity index (χ4n) is 2.07. The Morgan fingerprint density at radius 3 is 2.71 bits per heavy atom. The van der Waals surface area contributed by atoms with Crippen LogP contribution in [0.15, 0.2) is 18.2 Å². The van der Waals surface area contributed by atoms with E-state index in [1.54, 1.807) is 0 Å². The smallest absolute Gasteiger partial charge is 0.0715 e. The van der Waals surface area contributed by atoms with E-state index in [1.807, 2.05) is 25.1 Å². The van der Waals surface area contributed by atoms with Gasteiger partial charge in [-0.25, -0.2) is 0 Å². The average Bonchev–Trinajstić information content (AvgIpc) is 2.34. The second-order valence-electron chi connectivity index (χ2n) is 4.49. The molecule has 0 aliphatic rings. The van der Waals surface area contributed by atoms with Crippen molar-refractivity contribution < 1.29 is 0 Å².